The van der Waals surface area contributed by atoms with Crippen molar-refractivity contribution in [2.45, 2.75) is 0 Å². The van der Waals surface area contributed by atoms with E-state index in [-0.39, 0.29) is 5.69 Å². The van der Waals surface area contributed by atoms with Crippen LogP contribution >= 0.6 is 11.6 Å². The van der Waals surface area contributed by atoms with Crippen molar-refractivity contribution in [2.24, 2.45) is 0 Å². The van der Waals surface area contributed by atoms with Gasteiger partial charge in [-0.3, -0.25) is 14.9 Å². The number of nitro benzene ring substituents is 1. The smallest absolute Gasteiger partial charge is 0.270 e. The summed E-state index contributed by atoms with van der Waals surface area (Å²) in [5.41, 5.74) is 0.949. The van der Waals surface area contributed by atoms with E-state index in [1.54, 1.807) is 30.3 Å². The number of carbonyl (C=O) groups is 1. The highest BCUT2D eigenvalue weighted by molar-refractivity contribution is 6.31. The van der Waals surface area contributed by atoms with Crippen LogP contribution in [0.3, 0.4) is 0 Å². The van der Waals surface area contributed by atoms with Gasteiger partial charge < -0.3 is 10.1 Å². The number of methoxy groups -OCH3 is 1. The zero-order valence-corrected chi connectivity index (χ0v) is 12.9. The normalized spacial score (nSPS) is 10.5. The molecule has 118 valence electrons. The fraction of sp³-hybridized carbons (Fsp3) is 0.0625. The van der Waals surface area contributed by atoms with Crippen molar-refractivity contribution in [2.75, 3.05) is 12.4 Å². The summed E-state index contributed by atoms with van der Waals surface area (Å²) in [6, 6.07) is 10.8. The summed E-state index contributed by atoms with van der Waals surface area (Å²) in [5, 5.41) is 13.8. The maximum absolute atomic E-state index is 12.0. The van der Waals surface area contributed by atoms with Crippen LogP contribution in [0.1, 0.15) is 5.56 Å². The van der Waals surface area contributed by atoms with Crippen molar-refractivity contribution >= 4 is 35.0 Å². The van der Waals surface area contributed by atoms with E-state index in [4.69, 9.17) is 16.3 Å². The number of rotatable bonds is 5. The van der Waals surface area contributed by atoms with Gasteiger partial charge in [0.05, 0.1) is 17.7 Å². The lowest BCUT2D eigenvalue weighted by atomic mass is 10.2. The van der Waals surface area contributed by atoms with Crippen LogP contribution in [0.25, 0.3) is 6.08 Å². The number of nitrogens with one attached hydrogen (secondary N) is 1. The second kappa shape index (κ2) is 7.42. The lowest BCUT2D eigenvalue weighted by molar-refractivity contribution is -0.384. The highest BCUT2D eigenvalue weighted by Gasteiger charge is 2.07. The van der Waals surface area contributed by atoms with Gasteiger partial charge >= 0.3 is 0 Å². The zero-order chi connectivity index (χ0) is 16.8. The van der Waals surface area contributed by atoms with Crippen LogP contribution in [0, 0.1) is 10.1 Å². The van der Waals surface area contributed by atoms with Crippen molar-refractivity contribution in [3.05, 3.63) is 69.2 Å². The molecule has 0 unspecified atom stereocenters. The quantitative estimate of drug-likeness (QED) is 0.511. The first-order valence-corrected chi connectivity index (χ1v) is 6.94. The van der Waals surface area contributed by atoms with Gasteiger partial charge in [-0.25, -0.2) is 0 Å². The number of non-ortho nitro benzene ring substituents is 1. The van der Waals surface area contributed by atoms with Crippen LogP contribution in [-0.4, -0.2) is 17.9 Å². The molecule has 23 heavy (non-hydrogen) atoms. The molecule has 0 aliphatic rings. The Kier molecular flexibility index (Phi) is 5.32. The molecule has 0 fully saturated rings. The third kappa shape index (κ3) is 4.55. The number of nitrogens with zero attached hydrogens (tertiary/aromatic N) is 1. The number of benzene rings is 2. The minimum atomic E-state index is -0.492. The van der Waals surface area contributed by atoms with Crippen molar-refractivity contribution < 1.29 is 14.5 Å². The Morgan fingerprint density at radius 1 is 1.30 bits per heavy atom. The van der Waals surface area contributed by atoms with Gasteiger partial charge in [-0.2, -0.15) is 0 Å². The Bertz CT molecular complexity index is 774. The van der Waals surface area contributed by atoms with Crippen LogP contribution in [0.2, 0.25) is 5.02 Å². The molecule has 0 aromatic heterocycles. The Hall–Kier alpha value is -2.86. The van der Waals surface area contributed by atoms with E-state index in [0.717, 1.165) is 0 Å². The average Bonchev–Trinajstić information content (AvgIpc) is 2.53. The molecule has 0 heterocycles. The number of hydrogen-bond donors (Lipinski definition) is 1. The number of nitro groups is 1. The summed E-state index contributed by atoms with van der Waals surface area (Å²) in [6.07, 6.45) is 2.76. The molecule has 0 saturated carbocycles. The molecule has 0 aliphatic carbocycles. The molecule has 0 aliphatic heterocycles. The summed E-state index contributed by atoms with van der Waals surface area (Å²) in [6.45, 7) is 0. The van der Waals surface area contributed by atoms with E-state index in [2.05, 4.69) is 5.32 Å². The third-order valence-corrected chi connectivity index (χ3v) is 3.16. The predicted molar refractivity (Wildman–Crippen MR) is 88.8 cm³/mol. The van der Waals surface area contributed by atoms with Crippen LogP contribution in [0.15, 0.2) is 48.5 Å². The molecular formula is C16H13ClN2O4. The van der Waals surface area contributed by atoms with Crippen LogP contribution in [0.5, 0.6) is 5.75 Å². The highest BCUT2D eigenvalue weighted by atomic mass is 35.5. The lowest BCUT2D eigenvalue weighted by Gasteiger charge is -2.08. The number of anilines is 1. The topological polar surface area (TPSA) is 81.5 Å². The van der Waals surface area contributed by atoms with E-state index in [9.17, 15) is 14.9 Å². The van der Waals surface area contributed by atoms with E-state index in [1.807, 2.05) is 0 Å². The Labute approximate surface area is 137 Å². The minimum absolute atomic E-state index is 0.0379. The zero-order valence-electron chi connectivity index (χ0n) is 12.2. The molecule has 1 amide bonds. The SMILES string of the molecule is COc1ccc(Cl)cc1NC(=O)/C=C/c1cccc([N+](=O)[O-])c1. The molecule has 1 N–H and O–H groups in total. The van der Waals surface area contributed by atoms with Crippen molar-refractivity contribution in [3.63, 3.8) is 0 Å². The predicted octanol–water partition coefficient (Wildman–Crippen LogP) is 3.91. The van der Waals surface area contributed by atoms with Gasteiger partial charge in [0.1, 0.15) is 5.75 Å². The van der Waals surface area contributed by atoms with Gasteiger partial charge in [0.2, 0.25) is 5.91 Å². The first kappa shape index (κ1) is 16.5. The number of hydrogen-bond acceptors (Lipinski definition) is 4. The molecule has 2 aromatic rings. The van der Waals surface area contributed by atoms with Crippen molar-refractivity contribution in [1.29, 1.82) is 0 Å². The van der Waals surface area contributed by atoms with Gasteiger partial charge in [-0.1, -0.05) is 23.7 Å². The van der Waals surface area contributed by atoms with E-state index in [0.29, 0.717) is 22.0 Å². The lowest BCUT2D eigenvalue weighted by Crippen LogP contribution is -2.08. The summed E-state index contributed by atoms with van der Waals surface area (Å²) >= 11 is 5.89. The summed E-state index contributed by atoms with van der Waals surface area (Å²) in [7, 11) is 1.48. The second-order valence-corrected chi connectivity index (χ2v) is 4.96. The third-order valence-electron chi connectivity index (χ3n) is 2.93. The molecule has 7 heteroatoms. The summed E-state index contributed by atoms with van der Waals surface area (Å²) < 4.78 is 5.13. The maximum Gasteiger partial charge on any atom is 0.270 e. The second-order valence-electron chi connectivity index (χ2n) is 4.52. The first-order chi connectivity index (χ1) is 11.0. The monoisotopic (exact) mass is 332 g/mol. The number of amides is 1. The number of carbonyl (C=O) groups excluding carboxylic acids is 1. The fourth-order valence-electron chi connectivity index (χ4n) is 1.87. The van der Waals surface area contributed by atoms with E-state index < -0.39 is 10.8 Å². The maximum atomic E-state index is 12.0. The molecule has 0 radical (unpaired) electrons. The van der Waals surface area contributed by atoms with Gasteiger partial charge in [0, 0.05) is 23.2 Å². The van der Waals surface area contributed by atoms with E-state index in [1.165, 1.54) is 31.4 Å². The average molecular weight is 333 g/mol. The summed E-state index contributed by atoms with van der Waals surface area (Å²) in [4.78, 5) is 22.2. The fourth-order valence-corrected chi connectivity index (χ4v) is 2.04. The minimum Gasteiger partial charge on any atom is -0.495 e. The summed E-state index contributed by atoms with van der Waals surface area (Å²) in [5.74, 6) is 0.0728. The first-order valence-electron chi connectivity index (χ1n) is 6.56. The molecule has 0 saturated heterocycles. The molecule has 2 rings (SSSR count). The van der Waals surface area contributed by atoms with Gasteiger partial charge in [0.25, 0.3) is 5.69 Å². The van der Waals surface area contributed by atoms with E-state index >= 15 is 0 Å². The Morgan fingerprint density at radius 3 is 2.78 bits per heavy atom. The molecule has 0 bridgehead atoms. The van der Waals surface area contributed by atoms with Crippen molar-refractivity contribution in [3.8, 4) is 5.75 Å². The number of ether oxygens (including phenoxy) is 1. The van der Waals surface area contributed by atoms with Gasteiger partial charge in [0.15, 0.2) is 0 Å². The van der Waals surface area contributed by atoms with Crippen LogP contribution < -0.4 is 10.1 Å². The molecule has 0 spiro atoms. The molecule has 0 atom stereocenters. The van der Waals surface area contributed by atoms with Gasteiger partial charge in [-0.05, 0) is 29.8 Å². The largest absolute Gasteiger partial charge is 0.495 e. The van der Waals surface area contributed by atoms with Crippen molar-refractivity contribution in [1.82, 2.24) is 0 Å². The molecular weight excluding hydrogens is 320 g/mol. The molecule has 2 aromatic carbocycles. The molecule has 6 nitrogen and oxygen atoms in total. The highest BCUT2D eigenvalue weighted by Crippen LogP contribution is 2.27. The standard InChI is InChI=1S/C16H13ClN2O4/c1-23-15-7-6-12(17)10-14(15)18-16(20)8-5-11-3-2-4-13(9-11)19(21)22/h2-10H,1H3,(H,18,20)/b8-5+. The Morgan fingerprint density at radius 2 is 2.09 bits per heavy atom. The Balaban J connectivity index is 2.12. The van der Waals surface area contributed by atoms with Crippen LogP contribution in [-0.2, 0) is 4.79 Å². The number of halogens is 1. The van der Waals surface area contributed by atoms with Gasteiger partial charge in [-0.15, -0.1) is 0 Å². The van der Waals surface area contributed by atoms with Crippen LogP contribution in [0.4, 0.5) is 11.4 Å².